The van der Waals surface area contributed by atoms with E-state index in [9.17, 15) is 0 Å². The number of fused-ring (bicyclic) bond motifs is 2. The maximum atomic E-state index is 4.52. The summed E-state index contributed by atoms with van der Waals surface area (Å²) >= 11 is 0. The minimum Gasteiger partial charge on any atom is -0.383 e. The third kappa shape index (κ3) is 3.67. The minimum atomic E-state index is 0.687. The first kappa shape index (κ1) is 14.2. The van der Waals surface area contributed by atoms with Gasteiger partial charge in [-0.25, -0.2) is 0 Å². The molecule has 0 radical (unpaired) electrons. The summed E-state index contributed by atoms with van der Waals surface area (Å²) in [6.07, 6.45) is 7.20. The van der Waals surface area contributed by atoms with Crippen molar-refractivity contribution in [2.24, 2.45) is 15.0 Å². The Morgan fingerprint density at radius 3 is 2.05 bits per heavy atom. The van der Waals surface area contributed by atoms with Gasteiger partial charge in [0.2, 0.25) is 0 Å². The Labute approximate surface area is 130 Å². The quantitative estimate of drug-likeness (QED) is 0.751. The van der Waals surface area contributed by atoms with Gasteiger partial charge in [-0.15, -0.1) is 0 Å². The van der Waals surface area contributed by atoms with Crippen LogP contribution < -0.4 is 5.32 Å². The molecule has 22 heavy (non-hydrogen) atoms. The van der Waals surface area contributed by atoms with E-state index in [1.54, 1.807) is 0 Å². The summed E-state index contributed by atoms with van der Waals surface area (Å²) in [5, 5.41) is 3.40. The van der Waals surface area contributed by atoms with Crippen molar-refractivity contribution in [1.82, 2.24) is 0 Å². The molecular formula is C18H18N4. The van der Waals surface area contributed by atoms with Gasteiger partial charge in [-0.1, -0.05) is 24.3 Å². The monoisotopic (exact) mass is 290 g/mol. The first-order valence-corrected chi connectivity index (χ1v) is 7.43. The van der Waals surface area contributed by atoms with Gasteiger partial charge in [0.1, 0.15) is 0 Å². The molecule has 1 heterocycles. The van der Waals surface area contributed by atoms with Crippen molar-refractivity contribution in [1.29, 1.82) is 0 Å². The zero-order valence-electron chi connectivity index (χ0n) is 12.3. The molecule has 0 amide bonds. The molecule has 0 saturated carbocycles. The van der Waals surface area contributed by atoms with Gasteiger partial charge in [0.25, 0.3) is 0 Å². The van der Waals surface area contributed by atoms with E-state index in [1.807, 2.05) is 67.2 Å². The highest BCUT2D eigenvalue weighted by Crippen LogP contribution is 2.27. The zero-order chi connectivity index (χ0) is 15.0. The van der Waals surface area contributed by atoms with Gasteiger partial charge < -0.3 is 5.32 Å². The lowest BCUT2D eigenvalue weighted by Gasteiger charge is -2.08. The second-order valence-electron chi connectivity index (χ2n) is 4.89. The Morgan fingerprint density at radius 2 is 1.27 bits per heavy atom. The van der Waals surface area contributed by atoms with E-state index >= 15 is 0 Å². The predicted molar refractivity (Wildman–Crippen MR) is 95.1 cm³/mol. The van der Waals surface area contributed by atoms with Crippen molar-refractivity contribution >= 4 is 41.4 Å². The minimum absolute atomic E-state index is 0.687. The van der Waals surface area contributed by atoms with Crippen molar-refractivity contribution in [3.63, 3.8) is 0 Å². The SMILES string of the molecule is C1=Nc2ccccc2N=CCCNc2ccccc2N=CC1. The van der Waals surface area contributed by atoms with Crippen LogP contribution in [0, 0.1) is 0 Å². The lowest BCUT2D eigenvalue weighted by molar-refractivity contribution is 1.12. The molecule has 0 bridgehead atoms. The van der Waals surface area contributed by atoms with Crippen LogP contribution in [0.2, 0.25) is 0 Å². The van der Waals surface area contributed by atoms with Gasteiger partial charge in [-0.3, -0.25) is 15.0 Å². The van der Waals surface area contributed by atoms with E-state index in [4.69, 9.17) is 0 Å². The Bertz CT molecular complexity index is 717. The van der Waals surface area contributed by atoms with Gasteiger partial charge >= 0.3 is 0 Å². The van der Waals surface area contributed by atoms with Crippen molar-refractivity contribution in [3.05, 3.63) is 48.5 Å². The second-order valence-corrected chi connectivity index (χ2v) is 4.89. The van der Waals surface area contributed by atoms with Crippen LogP contribution in [0.15, 0.2) is 63.5 Å². The molecule has 2 aromatic carbocycles. The number of rotatable bonds is 0. The molecule has 1 aliphatic heterocycles. The van der Waals surface area contributed by atoms with Gasteiger partial charge in [0.15, 0.2) is 0 Å². The van der Waals surface area contributed by atoms with E-state index in [1.165, 1.54) is 0 Å². The largest absolute Gasteiger partial charge is 0.383 e. The normalized spacial score (nSPS) is 14.5. The number of anilines is 1. The molecule has 0 aromatic heterocycles. The molecule has 0 aliphatic carbocycles. The average Bonchev–Trinajstić information content (AvgIpc) is 2.56. The van der Waals surface area contributed by atoms with Gasteiger partial charge in [0, 0.05) is 38.0 Å². The highest BCUT2D eigenvalue weighted by molar-refractivity contribution is 5.85. The number of aliphatic imine (C=N–C) groups is 3. The number of para-hydroxylation sites is 4. The van der Waals surface area contributed by atoms with Crippen LogP contribution in [0.25, 0.3) is 0 Å². The first-order valence-electron chi connectivity index (χ1n) is 7.43. The topological polar surface area (TPSA) is 49.1 Å². The predicted octanol–water partition coefficient (Wildman–Crippen LogP) is 4.70. The molecule has 2 aromatic rings. The van der Waals surface area contributed by atoms with Crippen molar-refractivity contribution in [2.45, 2.75) is 12.8 Å². The summed E-state index contributed by atoms with van der Waals surface area (Å²) in [7, 11) is 0. The Morgan fingerprint density at radius 1 is 0.682 bits per heavy atom. The fourth-order valence-electron chi connectivity index (χ4n) is 2.20. The summed E-state index contributed by atoms with van der Waals surface area (Å²) in [4.78, 5) is 13.5. The molecule has 110 valence electrons. The molecule has 1 aliphatic rings. The molecule has 3 rings (SSSR count). The summed E-state index contributed by atoms with van der Waals surface area (Å²) in [6.45, 7) is 0.821. The van der Waals surface area contributed by atoms with Gasteiger partial charge in [-0.2, -0.15) is 0 Å². The molecular weight excluding hydrogens is 272 g/mol. The van der Waals surface area contributed by atoms with E-state index in [-0.39, 0.29) is 0 Å². The molecule has 0 saturated heterocycles. The highest BCUT2D eigenvalue weighted by atomic mass is 14.9. The van der Waals surface area contributed by atoms with Crippen LogP contribution in [-0.4, -0.2) is 25.2 Å². The standard InChI is InChI=1S/C18H18N4/c1-2-8-16-15(7-1)19-11-5-13-21-17-9-3-4-10-18(17)22-14-6-12-20-16/h1-4,7-13,22H,5-6,14H2. The van der Waals surface area contributed by atoms with Crippen LogP contribution >= 0.6 is 0 Å². The van der Waals surface area contributed by atoms with E-state index in [0.717, 1.165) is 35.7 Å². The highest BCUT2D eigenvalue weighted by Gasteiger charge is 1.99. The Balaban J connectivity index is 1.87. The lowest BCUT2D eigenvalue weighted by Crippen LogP contribution is -2.02. The number of benzene rings is 2. The van der Waals surface area contributed by atoms with Crippen molar-refractivity contribution in [2.75, 3.05) is 11.9 Å². The Hall–Kier alpha value is -2.75. The zero-order valence-corrected chi connectivity index (χ0v) is 12.3. The van der Waals surface area contributed by atoms with Crippen molar-refractivity contribution < 1.29 is 0 Å². The van der Waals surface area contributed by atoms with Crippen molar-refractivity contribution in [3.8, 4) is 0 Å². The molecule has 1 N–H and O–H groups in total. The van der Waals surface area contributed by atoms with Gasteiger partial charge in [0.05, 0.1) is 22.7 Å². The van der Waals surface area contributed by atoms with Crippen LogP contribution in [0.3, 0.4) is 0 Å². The number of hydrogen-bond donors (Lipinski definition) is 1. The number of hydrogen-bond acceptors (Lipinski definition) is 4. The summed E-state index contributed by atoms with van der Waals surface area (Å²) < 4.78 is 0. The second kappa shape index (κ2) is 7.31. The molecule has 0 fully saturated rings. The fraction of sp³-hybridized carbons (Fsp3) is 0.167. The summed E-state index contributed by atoms with van der Waals surface area (Å²) in [6, 6.07) is 15.9. The number of nitrogens with one attached hydrogen (secondary N) is 1. The van der Waals surface area contributed by atoms with Gasteiger partial charge in [-0.05, 0) is 24.3 Å². The fourth-order valence-corrected chi connectivity index (χ4v) is 2.20. The summed E-state index contributed by atoms with van der Waals surface area (Å²) in [5.41, 5.74) is 3.78. The maximum absolute atomic E-state index is 4.52. The molecule has 0 atom stereocenters. The first-order chi connectivity index (χ1) is 10.9. The van der Waals surface area contributed by atoms with E-state index in [2.05, 4.69) is 20.3 Å². The van der Waals surface area contributed by atoms with E-state index in [0.29, 0.717) is 6.42 Å². The molecule has 0 spiro atoms. The molecule has 4 heteroatoms. The third-order valence-electron chi connectivity index (χ3n) is 3.28. The smallest absolute Gasteiger partial charge is 0.0882 e. The molecule has 0 unspecified atom stereocenters. The van der Waals surface area contributed by atoms with Crippen LogP contribution in [-0.2, 0) is 0 Å². The van der Waals surface area contributed by atoms with Crippen LogP contribution in [0.1, 0.15) is 12.8 Å². The van der Waals surface area contributed by atoms with E-state index < -0.39 is 0 Å². The maximum Gasteiger partial charge on any atom is 0.0882 e. The number of nitrogens with zero attached hydrogens (tertiary/aromatic N) is 3. The van der Waals surface area contributed by atoms with Crippen LogP contribution in [0.5, 0.6) is 0 Å². The third-order valence-corrected chi connectivity index (χ3v) is 3.28. The molecule has 4 nitrogen and oxygen atoms in total. The summed E-state index contributed by atoms with van der Waals surface area (Å²) in [5.74, 6) is 0. The average molecular weight is 290 g/mol. The lowest BCUT2D eigenvalue weighted by atomic mass is 10.2. The Kier molecular flexibility index (Phi) is 4.72. The van der Waals surface area contributed by atoms with Crippen LogP contribution in [0.4, 0.5) is 22.7 Å².